The first-order valence-corrected chi connectivity index (χ1v) is 12.8. The van der Waals surface area contributed by atoms with E-state index < -0.39 is 23.8 Å². The molecule has 1 N–H and O–H groups in total. The van der Waals surface area contributed by atoms with Crippen molar-refractivity contribution in [2.24, 2.45) is 0 Å². The van der Waals surface area contributed by atoms with E-state index in [1.807, 2.05) is 30.3 Å². The third-order valence-corrected chi connectivity index (χ3v) is 7.85. The van der Waals surface area contributed by atoms with Crippen LogP contribution in [0.4, 0.5) is 0 Å². The van der Waals surface area contributed by atoms with Crippen molar-refractivity contribution in [2.75, 3.05) is 0 Å². The number of benzene rings is 2. The number of esters is 1. The predicted molar refractivity (Wildman–Crippen MR) is 142 cm³/mol. The topological polar surface area (TPSA) is 117 Å². The van der Waals surface area contributed by atoms with Gasteiger partial charge in [-0.1, -0.05) is 54.4 Å². The molecule has 0 amide bonds. The van der Waals surface area contributed by atoms with Crippen molar-refractivity contribution in [3.63, 3.8) is 0 Å². The van der Waals surface area contributed by atoms with E-state index in [4.69, 9.17) is 42.4 Å². The van der Waals surface area contributed by atoms with Crippen LogP contribution in [0.2, 0.25) is 10.0 Å². The van der Waals surface area contributed by atoms with Crippen LogP contribution in [0.25, 0.3) is 22.3 Å². The highest BCUT2D eigenvalue weighted by atomic mass is 35.5. The van der Waals surface area contributed by atoms with E-state index >= 15 is 0 Å². The number of rotatable bonds is 6. The number of hydrogen-bond donors (Lipinski definition) is 1. The first-order chi connectivity index (χ1) is 18.7. The van der Waals surface area contributed by atoms with Crippen LogP contribution in [0, 0.1) is 0 Å². The van der Waals surface area contributed by atoms with Gasteiger partial charge in [0, 0.05) is 16.5 Å². The molecule has 6 rings (SSSR count). The van der Waals surface area contributed by atoms with E-state index in [9.17, 15) is 19.5 Å². The Labute approximate surface area is 231 Å². The van der Waals surface area contributed by atoms with Gasteiger partial charge < -0.3 is 23.9 Å². The van der Waals surface area contributed by atoms with Gasteiger partial charge in [0.1, 0.15) is 17.4 Å². The smallest absolute Gasteiger partial charge is 0.373 e. The van der Waals surface area contributed by atoms with E-state index in [1.165, 1.54) is 18.2 Å². The molecule has 2 aromatic heterocycles. The normalized spacial score (nSPS) is 18.2. The SMILES string of the molecule is CCC1(OC(Oc2cccc(Cl)c2Cl)C(=O)O)C(=O)OCc2c1cc1n(c2=O)Cc2cc3ccccc3nc2-1. The minimum absolute atomic E-state index is 0.0165. The Morgan fingerprint density at radius 1 is 1.18 bits per heavy atom. The average Bonchev–Trinajstić information content (AvgIpc) is 3.28. The molecular formula is C28H20Cl2N2O7. The van der Waals surface area contributed by atoms with Crippen molar-refractivity contribution in [1.29, 1.82) is 0 Å². The largest absolute Gasteiger partial charge is 0.477 e. The average molecular weight is 567 g/mol. The molecule has 2 atom stereocenters. The number of fused-ring (bicyclic) bond motifs is 5. The second kappa shape index (κ2) is 9.37. The summed E-state index contributed by atoms with van der Waals surface area (Å²) in [7, 11) is 0. The molecule has 2 unspecified atom stereocenters. The number of carbonyl (C=O) groups excluding carboxylic acids is 1. The zero-order valence-corrected chi connectivity index (χ0v) is 22.0. The monoisotopic (exact) mass is 566 g/mol. The Bertz CT molecular complexity index is 1750. The van der Waals surface area contributed by atoms with E-state index in [-0.39, 0.29) is 45.5 Å². The molecule has 0 saturated carbocycles. The Morgan fingerprint density at radius 2 is 1.97 bits per heavy atom. The van der Waals surface area contributed by atoms with Crippen LogP contribution >= 0.6 is 23.2 Å². The van der Waals surface area contributed by atoms with Gasteiger partial charge in [-0.2, -0.15) is 0 Å². The standard InChI is InChI=1S/C28H20Cl2N2O7/c1-2-28(39-26(25(34)35)38-21-9-5-7-18(29)22(21)30)17-11-20-23-15(10-14-6-3-4-8-19(14)31-23)12-32(20)24(33)16(17)13-37-27(28)36/h3-11,26H,2,12-13H2,1H3,(H,34,35). The Morgan fingerprint density at radius 3 is 2.74 bits per heavy atom. The van der Waals surface area contributed by atoms with Crippen LogP contribution in [-0.2, 0) is 37.8 Å². The number of carboxylic acids is 1. The first-order valence-electron chi connectivity index (χ1n) is 12.1. The summed E-state index contributed by atoms with van der Waals surface area (Å²) in [6.07, 6.45) is -2.03. The third-order valence-electron chi connectivity index (χ3n) is 7.04. The summed E-state index contributed by atoms with van der Waals surface area (Å²) in [5, 5.41) is 11.0. The first kappa shape index (κ1) is 25.4. The number of halogens is 2. The van der Waals surface area contributed by atoms with Crippen molar-refractivity contribution in [3.05, 3.63) is 91.7 Å². The fourth-order valence-electron chi connectivity index (χ4n) is 5.11. The van der Waals surface area contributed by atoms with Crippen LogP contribution in [0.15, 0.2) is 59.4 Å². The van der Waals surface area contributed by atoms with Crippen molar-refractivity contribution in [2.45, 2.75) is 38.4 Å². The van der Waals surface area contributed by atoms with Crippen LogP contribution in [0.1, 0.15) is 30.0 Å². The maximum Gasteiger partial charge on any atom is 0.373 e. The molecule has 0 radical (unpaired) electrons. The number of cyclic esters (lactones) is 1. The van der Waals surface area contributed by atoms with Gasteiger partial charge in [0.25, 0.3) is 5.56 Å². The zero-order chi connectivity index (χ0) is 27.5. The lowest BCUT2D eigenvalue weighted by atomic mass is 9.85. The van der Waals surface area contributed by atoms with Gasteiger partial charge in [-0.15, -0.1) is 0 Å². The Balaban J connectivity index is 1.48. The fourth-order valence-corrected chi connectivity index (χ4v) is 5.44. The van der Waals surface area contributed by atoms with Gasteiger partial charge in [-0.3, -0.25) is 4.79 Å². The number of ether oxygens (including phenoxy) is 3. The fraction of sp³-hybridized carbons (Fsp3) is 0.214. The quantitative estimate of drug-likeness (QED) is 0.228. The summed E-state index contributed by atoms with van der Waals surface area (Å²) in [5.74, 6) is -2.40. The van der Waals surface area contributed by atoms with Crippen LogP contribution in [-0.4, -0.2) is 32.9 Å². The lowest BCUT2D eigenvalue weighted by Gasteiger charge is -2.37. The van der Waals surface area contributed by atoms with Gasteiger partial charge in [0.05, 0.1) is 34.0 Å². The molecule has 9 nitrogen and oxygen atoms in total. The Hall–Kier alpha value is -3.92. The van der Waals surface area contributed by atoms with Crippen molar-refractivity contribution >= 4 is 46.0 Å². The molecule has 198 valence electrons. The molecule has 2 aliphatic heterocycles. The second-order valence-electron chi connectivity index (χ2n) is 9.22. The van der Waals surface area contributed by atoms with Crippen LogP contribution in [0.3, 0.4) is 0 Å². The Kier molecular flexibility index (Phi) is 6.10. The number of hydrogen-bond acceptors (Lipinski definition) is 7. The molecule has 4 heterocycles. The predicted octanol–water partition coefficient (Wildman–Crippen LogP) is 4.90. The number of aromatic nitrogens is 2. The molecule has 0 fully saturated rings. The minimum atomic E-state index is -1.98. The molecule has 4 aromatic rings. The number of carbonyl (C=O) groups is 2. The number of aliphatic carboxylic acids is 1. The number of carboxylic acid groups (broad SMARTS) is 1. The van der Waals surface area contributed by atoms with Crippen LogP contribution in [0.5, 0.6) is 5.75 Å². The molecule has 39 heavy (non-hydrogen) atoms. The summed E-state index contributed by atoms with van der Waals surface area (Å²) >= 11 is 12.2. The van der Waals surface area contributed by atoms with Gasteiger partial charge in [-0.25, -0.2) is 14.6 Å². The lowest BCUT2D eigenvalue weighted by molar-refractivity contribution is -0.220. The summed E-state index contributed by atoms with van der Waals surface area (Å²) in [4.78, 5) is 44.0. The van der Waals surface area contributed by atoms with E-state index in [2.05, 4.69) is 0 Å². The summed E-state index contributed by atoms with van der Waals surface area (Å²) in [5.41, 5.74) is 0.807. The van der Waals surface area contributed by atoms with Crippen molar-refractivity contribution in [1.82, 2.24) is 9.55 Å². The number of para-hydroxylation sites is 1. The van der Waals surface area contributed by atoms with E-state index in [0.717, 1.165) is 16.5 Å². The zero-order valence-electron chi connectivity index (χ0n) is 20.4. The number of nitrogens with zero attached hydrogens (tertiary/aromatic N) is 2. The third kappa shape index (κ3) is 3.96. The summed E-state index contributed by atoms with van der Waals surface area (Å²) in [6, 6.07) is 15.7. The van der Waals surface area contributed by atoms with Crippen LogP contribution < -0.4 is 10.3 Å². The van der Waals surface area contributed by atoms with E-state index in [0.29, 0.717) is 17.9 Å². The molecule has 11 heteroatoms. The second-order valence-corrected chi connectivity index (χ2v) is 10.0. The van der Waals surface area contributed by atoms with E-state index in [1.54, 1.807) is 17.6 Å². The van der Waals surface area contributed by atoms with Crippen molar-refractivity contribution in [3.8, 4) is 17.1 Å². The highest BCUT2D eigenvalue weighted by Gasteiger charge is 2.51. The highest BCUT2D eigenvalue weighted by molar-refractivity contribution is 6.42. The molecular weight excluding hydrogens is 547 g/mol. The number of pyridine rings is 2. The summed E-state index contributed by atoms with van der Waals surface area (Å²) < 4.78 is 18.5. The minimum Gasteiger partial charge on any atom is -0.477 e. The molecule has 0 spiro atoms. The van der Waals surface area contributed by atoms with Gasteiger partial charge in [-0.05, 0) is 36.8 Å². The highest BCUT2D eigenvalue weighted by Crippen LogP contribution is 2.42. The van der Waals surface area contributed by atoms with Gasteiger partial charge >= 0.3 is 18.2 Å². The maximum absolute atomic E-state index is 13.7. The molecule has 0 bridgehead atoms. The maximum atomic E-state index is 13.7. The summed E-state index contributed by atoms with van der Waals surface area (Å²) in [6.45, 7) is 1.66. The molecule has 2 aliphatic rings. The van der Waals surface area contributed by atoms with Crippen molar-refractivity contribution < 1.29 is 28.9 Å². The molecule has 2 aromatic carbocycles. The molecule has 0 saturated heterocycles. The lowest BCUT2D eigenvalue weighted by Crippen LogP contribution is -2.50. The molecule has 0 aliphatic carbocycles. The van der Waals surface area contributed by atoms with Gasteiger partial charge in [0.15, 0.2) is 5.60 Å². The van der Waals surface area contributed by atoms with Gasteiger partial charge in [0.2, 0.25) is 0 Å².